The quantitative estimate of drug-likeness (QED) is 0.859. The molecule has 2 nitrogen and oxygen atoms in total. The van der Waals surface area contributed by atoms with Gasteiger partial charge in [0.15, 0.2) is 0 Å². The van der Waals surface area contributed by atoms with Crippen LogP contribution in [-0.4, -0.2) is 6.04 Å². The number of hydrogen-bond donors (Lipinski definition) is 1. The van der Waals surface area contributed by atoms with Crippen molar-refractivity contribution in [1.29, 1.82) is 0 Å². The summed E-state index contributed by atoms with van der Waals surface area (Å²) in [5.41, 5.74) is 3.73. The molecule has 0 atom stereocenters. The molecule has 0 radical (unpaired) electrons. The molecule has 0 unspecified atom stereocenters. The van der Waals surface area contributed by atoms with Gasteiger partial charge in [-0.25, -0.2) is 0 Å². The Morgan fingerprint density at radius 3 is 2.40 bits per heavy atom. The van der Waals surface area contributed by atoms with Crippen LogP contribution in [0.25, 0.3) is 0 Å². The van der Waals surface area contributed by atoms with Crippen LogP contribution in [-0.2, 0) is 13.2 Å². The van der Waals surface area contributed by atoms with Gasteiger partial charge in [0.2, 0.25) is 0 Å². The van der Waals surface area contributed by atoms with E-state index in [9.17, 15) is 0 Å². The van der Waals surface area contributed by atoms with Gasteiger partial charge in [0.1, 0.15) is 12.4 Å². The third-order valence-corrected chi connectivity index (χ3v) is 3.68. The second-order valence-corrected chi connectivity index (χ2v) is 5.53. The lowest BCUT2D eigenvalue weighted by Gasteiger charge is -2.09. The van der Waals surface area contributed by atoms with E-state index in [4.69, 9.17) is 4.74 Å². The summed E-state index contributed by atoms with van der Waals surface area (Å²) in [6, 6.07) is 17.6. The van der Waals surface area contributed by atoms with Crippen molar-refractivity contribution >= 4 is 0 Å². The van der Waals surface area contributed by atoms with E-state index >= 15 is 0 Å². The van der Waals surface area contributed by atoms with Gasteiger partial charge in [0.25, 0.3) is 0 Å². The Balaban J connectivity index is 1.53. The Bertz CT molecular complexity index is 558. The SMILES string of the molecule is Cc1ccccc1OCc1ccc(CNC2CC2)cc1. The zero-order valence-electron chi connectivity index (χ0n) is 11.9. The Morgan fingerprint density at radius 1 is 1.00 bits per heavy atom. The molecule has 1 N–H and O–H groups in total. The molecule has 0 heterocycles. The number of hydrogen-bond acceptors (Lipinski definition) is 2. The van der Waals surface area contributed by atoms with Gasteiger partial charge in [-0.05, 0) is 42.5 Å². The largest absolute Gasteiger partial charge is 0.489 e. The second kappa shape index (κ2) is 6.10. The third kappa shape index (κ3) is 3.61. The van der Waals surface area contributed by atoms with Crippen molar-refractivity contribution in [2.45, 2.75) is 39.0 Å². The standard InChI is InChI=1S/C18H21NO/c1-14-4-2-3-5-18(14)20-13-16-8-6-15(7-9-16)12-19-17-10-11-17/h2-9,17,19H,10-13H2,1H3. The smallest absolute Gasteiger partial charge is 0.122 e. The highest BCUT2D eigenvalue weighted by atomic mass is 16.5. The summed E-state index contributed by atoms with van der Waals surface area (Å²) in [5, 5.41) is 3.53. The summed E-state index contributed by atoms with van der Waals surface area (Å²) in [5.74, 6) is 0.965. The van der Waals surface area contributed by atoms with E-state index in [2.05, 4.69) is 42.6 Å². The average Bonchev–Trinajstić information content (AvgIpc) is 3.30. The summed E-state index contributed by atoms with van der Waals surface area (Å²) in [7, 11) is 0. The molecule has 1 saturated carbocycles. The number of benzene rings is 2. The molecular weight excluding hydrogens is 246 g/mol. The molecule has 0 amide bonds. The Hall–Kier alpha value is -1.80. The van der Waals surface area contributed by atoms with Crippen molar-refractivity contribution in [3.8, 4) is 5.75 Å². The van der Waals surface area contributed by atoms with Gasteiger partial charge in [0.05, 0.1) is 0 Å². The van der Waals surface area contributed by atoms with Gasteiger partial charge in [-0.1, -0.05) is 42.5 Å². The van der Waals surface area contributed by atoms with Crippen LogP contribution in [0.15, 0.2) is 48.5 Å². The first-order valence-corrected chi connectivity index (χ1v) is 7.31. The van der Waals surface area contributed by atoms with E-state index < -0.39 is 0 Å². The van der Waals surface area contributed by atoms with Gasteiger partial charge in [-0.3, -0.25) is 0 Å². The van der Waals surface area contributed by atoms with Crippen molar-refractivity contribution in [3.05, 3.63) is 65.2 Å². The molecule has 1 aliphatic rings. The average molecular weight is 267 g/mol. The predicted octanol–water partition coefficient (Wildman–Crippen LogP) is 3.83. The monoisotopic (exact) mass is 267 g/mol. The summed E-state index contributed by atoms with van der Waals surface area (Å²) in [6.07, 6.45) is 2.67. The van der Waals surface area contributed by atoms with E-state index in [-0.39, 0.29) is 0 Å². The molecule has 3 rings (SSSR count). The minimum atomic E-state index is 0.626. The first kappa shape index (κ1) is 13.2. The molecule has 20 heavy (non-hydrogen) atoms. The van der Waals surface area contributed by atoms with Crippen LogP contribution in [0.4, 0.5) is 0 Å². The molecule has 0 aromatic heterocycles. The highest BCUT2D eigenvalue weighted by Gasteiger charge is 2.19. The number of ether oxygens (including phenoxy) is 1. The van der Waals surface area contributed by atoms with Gasteiger partial charge in [-0.15, -0.1) is 0 Å². The fourth-order valence-electron chi connectivity index (χ4n) is 2.18. The summed E-state index contributed by atoms with van der Waals surface area (Å²) in [4.78, 5) is 0. The van der Waals surface area contributed by atoms with Crippen LogP contribution in [0.2, 0.25) is 0 Å². The second-order valence-electron chi connectivity index (χ2n) is 5.53. The minimum Gasteiger partial charge on any atom is -0.489 e. The molecule has 1 fully saturated rings. The lowest BCUT2D eigenvalue weighted by atomic mass is 10.1. The fraction of sp³-hybridized carbons (Fsp3) is 0.333. The predicted molar refractivity (Wildman–Crippen MR) is 81.8 cm³/mol. The van der Waals surface area contributed by atoms with Crippen LogP contribution < -0.4 is 10.1 Å². The number of nitrogens with one attached hydrogen (secondary N) is 1. The molecule has 0 bridgehead atoms. The summed E-state index contributed by atoms with van der Waals surface area (Å²) in [6.45, 7) is 3.67. The van der Waals surface area contributed by atoms with Crippen molar-refractivity contribution in [2.75, 3.05) is 0 Å². The molecule has 2 aromatic carbocycles. The summed E-state index contributed by atoms with van der Waals surface area (Å²) >= 11 is 0. The molecule has 0 spiro atoms. The third-order valence-electron chi connectivity index (χ3n) is 3.68. The first-order chi connectivity index (χ1) is 9.81. The van der Waals surface area contributed by atoms with Crippen molar-refractivity contribution in [2.24, 2.45) is 0 Å². The van der Waals surface area contributed by atoms with Crippen LogP contribution in [0.5, 0.6) is 5.75 Å². The minimum absolute atomic E-state index is 0.626. The van der Waals surface area contributed by atoms with E-state index in [0.717, 1.165) is 18.3 Å². The van der Waals surface area contributed by atoms with Crippen LogP contribution in [0, 0.1) is 6.92 Å². The van der Waals surface area contributed by atoms with Gasteiger partial charge in [-0.2, -0.15) is 0 Å². The Kier molecular flexibility index (Phi) is 4.03. The molecule has 104 valence electrons. The molecule has 0 aliphatic heterocycles. The fourth-order valence-corrected chi connectivity index (χ4v) is 2.18. The molecule has 1 aliphatic carbocycles. The Labute approximate surface area is 120 Å². The first-order valence-electron chi connectivity index (χ1n) is 7.31. The highest BCUT2D eigenvalue weighted by molar-refractivity contribution is 5.32. The lowest BCUT2D eigenvalue weighted by Crippen LogP contribution is -2.15. The maximum absolute atomic E-state index is 5.86. The lowest BCUT2D eigenvalue weighted by molar-refractivity contribution is 0.304. The molecular formula is C18H21NO. The van der Waals surface area contributed by atoms with Crippen molar-refractivity contribution in [1.82, 2.24) is 5.32 Å². The normalized spacial score (nSPS) is 14.2. The van der Waals surface area contributed by atoms with Crippen LogP contribution in [0.1, 0.15) is 29.5 Å². The number of para-hydroxylation sites is 1. The van der Waals surface area contributed by atoms with Gasteiger partial charge in [0, 0.05) is 12.6 Å². The molecule has 2 aromatic rings. The zero-order valence-corrected chi connectivity index (χ0v) is 11.9. The summed E-state index contributed by atoms with van der Waals surface area (Å²) < 4.78 is 5.86. The van der Waals surface area contributed by atoms with Gasteiger partial charge >= 0.3 is 0 Å². The van der Waals surface area contributed by atoms with E-state index in [1.165, 1.54) is 29.5 Å². The van der Waals surface area contributed by atoms with E-state index in [1.54, 1.807) is 0 Å². The molecule has 2 heteroatoms. The van der Waals surface area contributed by atoms with E-state index in [0.29, 0.717) is 6.61 Å². The number of aryl methyl sites for hydroxylation is 1. The van der Waals surface area contributed by atoms with Crippen LogP contribution >= 0.6 is 0 Å². The van der Waals surface area contributed by atoms with Crippen molar-refractivity contribution < 1.29 is 4.74 Å². The zero-order chi connectivity index (χ0) is 13.8. The molecule has 0 saturated heterocycles. The maximum atomic E-state index is 5.86. The van der Waals surface area contributed by atoms with Crippen LogP contribution in [0.3, 0.4) is 0 Å². The number of rotatable bonds is 6. The Morgan fingerprint density at radius 2 is 1.70 bits per heavy atom. The van der Waals surface area contributed by atoms with Gasteiger partial charge < -0.3 is 10.1 Å². The highest BCUT2D eigenvalue weighted by Crippen LogP contribution is 2.20. The van der Waals surface area contributed by atoms with E-state index in [1.807, 2.05) is 18.2 Å². The maximum Gasteiger partial charge on any atom is 0.122 e. The van der Waals surface area contributed by atoms with Crippen molar-refractivity contribution in [3.63, 3.8) is 0 Å². The topological polar surface area (TPSA) is 21.3 Å².